The van der Waals surface area contributed by atoms with Gasteiger partial charge in [-0.25, -0.2) is 10.2 Å². The fraction of sp³-hybridized carbons (Fsp3) is 0.160. The lowest BCUT2D eigenvalue weighted by atomic mass is 10.2. The third-order valence-electron chi connectivity index (χ3n) is 4.81. The molecule has 0 fully saturated rings. The second kappa shape index (κ2) is 12.0. The zero-order valence-electron chi connectivity index (χ0n) is 19.7. The van der Waals surface area contributed by atoms with Crippen molar-refractivity contribution in [3.63, 3.8) is 0 Å². The molecule has 0 bridgehead atoms. The third-order valence-corrected chi connectivity index (χ3v) is 4.81. The first kappa shape index (κ1) is 25.7. The number of carbonyl (C=O) groups excluding carboxylic acids is 2. The van der Waals surface area contributed by atoms with Crippen molar-refractivity contribution in [3.05, 3.63) is 87.5 Å². The van der Waals surface area contributed by atoms with Crippen LogP contribution in [0.15, 0.2) is 65.8 Å². The minimum absolute atomic E-state index is 0.120. The summed E-state index contributed by atoms with van der Waals surface area (Å²) in [5.74, 6) is 0.216. The molecule has 1 N–H and O–H groups in total. The molecule has 36 heavy (non-hydrogen) atoms. The maximum atomic E-state index is 12.7. The Morgan fingerprint density at radius 3 is 2.22 bits per heavy atom. The van der Waals surface area contributed by atoms with E-state index in [1.165, 1.54) is 50.8 Å². The van der Waals surface area contributed by atoms with E-state index < -0.39 is 16.8 Å². The number of benzene rings is 3. The Balaban J connectivity index is 1.70. The van der Waals surface area contributed by atoms with Crippen molar-refractivity contribution in [2.75, 3.05) is 20.8 Å². The summed E-state index contributed by atoms with van der Waals surface area (Å²) >= 11 is 0. The number of ether oxygens (including phenoxy) is 4. The number of nitro groups is 1. The number of hydrazone groups is 1. The SMILES string of the molecule is CCOc1cc(/C=N/NC(=O)c2ccc([N+](=O)[O-])cc2)ccc1OC(=O)c1ccc(OC)c(OC)c1. The van der Waals surface area contributed by atoms with Crippen LogP contribution in [0, 0.1) is 10.1 Å². The zero-order valence-corrected chi connectivity index (χ0v) is 19.7. The lowest BCUT2D eigenvalue weighted by molar-refractivity contribution is -0.384. The topological polar surface area (TPSA) is 139 Å². The fourth-order valence-corrected chi connectivity index (χ4v) is 3.04. The third kappa shape index (κ3) is 6.35. The molecule has 0 aliphatic heterocycles. The zero-order chi connectivity index (χ0) is 26.1. The molecular weight excluding hydrogens is 470 g/mol. The summed E-state index contributed by atoms with van der Waals surface area (Å²) in [6, 6.07) is 14.6. The summed E-state index contributed by atoms with van der Waals surface area (Å²) < 4.78 is 21.5. The molecule has 0 unspecified atom stereocenters. The van der Waals surface area contributed by atoms with Crippen LogP contribution in [0.5, 0.6) is 23.0 Å². The van der Waals surface area contributed by atoms with Gasteiger partial charge in [-0.05, 0) is 61.0 Å². The summed E-state index contributed by atoms with van der Waals surface area (Å²) in [4.78, 5) is 35.0. The summed E-state index contributed by atoms with van der Waals surface area (Å²) in [5.41, 5.74) is 3.26. The Kier molecular flexibility index (Phi) is 8.54. The molecule has 0 spiro atoms. The van der Waals surface area contributed by atoms with Crippen molar-refractivity contribution in [3.8, 4) is 23.0 Å². The number of amides is 1. The highest BCUT2D eigenvalue weighted by atomic mass is 16.6. The van der Waals surface area contributed by atoms with Gasteiger partial charge in [0.2, 0.25) is 0 Å². The normalized spacial score (nSPS) is 10.5. The molecule has 11 heteroatoms. The maximum Gasteiger partial charge on any atom is 0.343 e. The highest BCUT2D eigenvalue weighted by Gasteiger charge is 2.16. The van der Waals surface area contributed by atoms with Crippen LogP contribution in [0.25, 0.3) is 0 Å². The highest BCUT2D eigenvalue weighted by Crippen LogP contribution is 2.31. The van der Waals surface area contributed by atoms with E-state index in [2.05, 4.69) is 10.5 Å². The van der Waals surface area contributed by atoms with Gasteiger partial charge in [0.1, 0.15) is 0 Å². The standard InChI is InChI=1S/C25H23N3O8/c1-4-35-23-13-16(15-26-27-24(29)17-6-9-19(10-7-17)28(31)32)5-11-21(23)36-25(30)18-8-12-20(33-2)22(14-18)34-3/h5-15H,4H2,1-3H3,(H,27,29)/b26-15+. The Bertz CT molecular complexity index is 1290. The Hall–Kier alpha value is -4.93. The molecule has 0 aromatic heterocycles. The average Bonchev–Trinajstić information content (AvgIpc) is 2.89. The molecular formula is C25H23N3O8. The first-order valence-electron chi connectivity index (χ1n) is 10.6. The molecule has 186 valence electrons. The van der Waals surface area contributed by atoms with Gasteiger partial charge in [0.05, 0.1) is 37.5 Å². The Morgan fingerprint density at radius 1 is 0.917 bits per heavy atom. The van der Waals surface area contributed by atoms with E-state index in [9.17, 15) is 19.7 Å². The van der Waals surface area contributed by atoms with Crippen molar-refractivity contribution in [2.45, 2.75) is 6.92 Å². The van der Waals surface area contributed by atoms with Crippen LogP contribution in [0.3, 0.4) is 0 Å². The van der Waals surface area contributed by atoms with Crippen LogP contribution in [-0.2, 0) is 0 Å². The molecule has 3 rings (SSSR count). The number of nitro benzene ring substituents is 1. The van der Waals surface area contributed by atoms with E-state index in [-0.39, 0.29) is 22.6 Å². The van der Waals surface area contributed by atoms with Crippen molar-refractivity contribution in [1.29, 1.82) is 0 Å². The Morgan fingerprint density at radius 2 is 1.58 bits per heavy atom. The van der Waals surface area contributed by atoms with Gasteiger partial charge in [0.15, 0.2) is 23.0 Å². The van der Waals surface area contributed by atoms with Gasteiger partial charge in [-0.3, -0.25) is 14.9 Å². The summed E-state index contributed by atoms with van der Waals surface area (Å²) in [7, 11) is 2.96. The first-order chi connectivity index (χ1) is 17.4. The van der Waals surface area contributed by atoms with Gasteiger partial charge in [-0.1, -0.05) is 0 Å². The molecule has 0 aliphatic carbocycles. The predicted molar refractivity (Wildman–Crippen MR) is 130 cm³/mol. The lowest BCUT2D eigenvalue weighted by Crippen LogP contribution is -2.17. The maximum absolute atomic E-state index is 12.7. The summed E-state index contributed by atoms with van der Waals surface area (Å²) in [5, 5.41) is 14.6. The van der Waals surface area contributed by atoms with E-state index in [4.69, 9.17) is 18.9 Å². The molecule has 0 aliphatic rings. The minimum Gasteiger partial charge on any atom is -0.493 e. The minimum atomic E-state index is -0.617. The van der Waals surface area contributed by atoms with Crippen LogP contribution < -0.4 is 24.4 Å². The molecule has 0 saturated heterocycles. The number of rotatable bonds is 10. The second-order valence-corrected chi connectivity index (χ2v) is 7.10. The molecule has 3 aromatic carbocycles. The lowest BCUT2D eigenvalue weighted by Gasteiger charge is -2.12. The smallest absolute Gasteiger partial charge is 0.343 e. The number of esters is 1. The van der Waals surface area contributed by atoms with Crippen LogP contribution in [0.1, 0.15) is 33.2 Å². The monoisotopic (exact) mass is 493 g/mol. The predicted octanol–water partition coefficient (Wildman–Crippen LogP) is 3.99. The fourth-order valence-electron chi connectivity index (χ4n) is 3.04. The van der Waals surface area contributed by atoms with E-state index in [0.29, 0.717) is 29.4 Å². The number of carbonyl (C=O) groups is 2. The largest absolute Gasteiger partial charge is 0.493 e. The number of non-ortho nitro benzene ring substituents is 1. The molecule has 1 amide bonds. The van der Waals surface area contributed by atoms with Gasteiger partial charge >= 0.3 is 5.97 Å². The molecule has 0 heterocycles. The van der Waals surface area contributed by atoms with Crippen LogP contribution in [-0.4, -0.2) is 43.8 Å². The van der Waals surface area contributed by atoms with Gasteiger partial charge in [-0.2, -0.15) is 5.10 Å². The van der Waals surface area contributed by atoms with Crippen LogP contribution >= 0.6 is 0 Å². The van der Waals surface area contributed by atoms with Crippen molar-refractivity contribution in [1.82, 2.24) is 5.43 Å². The number of nitrogens with one attached hydrogen (secondary N) is 1. The summed E-state index contributed by atoms with van der Waals surface area (Å²) in [6.07, 6.45) is 1.38. The number of hydrogen-bond acceptors (Lipinski definition) is 9. The second-order valence-electron chi connectivity index (χ2n) is 7.10. The van der Waals surface area contributed by atoms with E-state index in [1.807, 2.05) is 0 Å². The van der Waals surface area contributed by atoms with Crippen molar-refractivity contribution < 1.29 is 33.5 Å². The van der Waals surface area contributed by atoms with Gasteiger partial charge in [0.25, 0.3) is 11.6 Å². The van der Waals surface area contributed by atoms with Crippen LogP contribution in [0.4, 0.5) is 5.69 Å². The average molecular weight is 493 g/mol. The van der Waals surface area contributed by atoms with Gasteiger partial charge < -0.3 is 18.9 Å². The van der Waals surface area contributed by atoms with Crippen LogP contribution in [0.2, 0.25) is 0 Å². The number of methoxy groups -OCH3 is 2. The quantitative estimate of drug-likeness (QED) is 0.147. The number of nitrogens with zero attached hydrogens (tertiary/aromatic N) is 2. The molecule has 0 saturated carbocycles. The van der Waals surface area contributed by atoms with E-state index in [0.717, 1.165) is 0 Å². The van der Waals surface area contributed by atoms with Gasteiger partial charge in [-0.15, -0.1) is 0 Å². The molecule has 11 nitrogen and oxygen atoms in total. The van der Waals surface area contributed by atoms with E-state index >= 15 is 0 Å². The molecule has 0 atom stereocenters. The molecule has 3 aromatic rings. The van der Waals surface area contributed by atoms with Crippen molar-refractivity contribution in [2.24, 2.45) is 5.10 Å². The molecule has 0 radical (unpaired) electrons. The first-order valence-corrected chi connectivity index (χ1v) is 10.6. The highest BCUT2D eigenvalue weighted by molar-refractivity contribution is 5.95. The Labute approximate surface area is 206 Å². The van der Waals surface area contributed by atoms with Gasteiger partial charge in [0, 0.05) is 17.7 Å². The van der Waals surface area contributed by atoms with Crippen molar-refractivity contribution >= 4 is 23.8 Å². The summed E-state index contributed by atoms with van der Waals surface area (Å²) in [6.45, 7) is 2.10. The van der Waals surface area contributed by atoms with E-state index in [1.54, 1.807) is 37.3 Å². The number of hydrogen-bond donors (Lipinski definition) is 1.